The Balaban J connectivity index is 1.66. The highest BCUT2D eigenvalue weighted by Crippen LogP contribution is 2.19. The number of nitrogens with zero attached hydrogens (tertiary/aromatic N) is 2. The van der Waals surface area contributed by atoms with Crippen molar-refractivity contribution >= 4 is 5.91 Å². The molecule has 2 aliphatic rings. The van der Waals surface area contributed by atoms with Gasteiger partial charge < -0.3 is 9.64 Å². The molecule has 1 atom stereocenters. The van der Waals surface area contributed by atoms with Crippen molar-refractivity contribution in [3.05, 3.63) is 0 Å². The quantitative estimate of drug-likeness (QED) is 0.678. The number of amides is 1. The molecule has 0 spiro atoms. The van der Waals surface area contributed by atoms with Gasteiger partial charge >= 0.3 is 0 Å². The van der Waals surface area contributed by atoms with Crippen LogP contribution in [0.4, 0.5) is 0 Å². The molecule has 2 saturated heterocycles. The van der Waals surface area contributed by atoms with Crippen molar-refractivity contribution in [2.24, 2.45) is 0 Å². The Morgan fingerprint density at radius 1 is 1.00 bits per heavy atom. The van der Waals surface area contributed by atoms with Crippen LogP contribution >= 0.6 is 0 Å². The first kappa shape index (κ1) is 17.7. The molecule has 0 saturated carbocycles. The van der Waals surface area contributed by atoms with Gasteiger partial charge in [-0.15, -0.1) is 0 Å². The predicted octanol–water partition coefficient (Wildman–Crippen LogP) is 3.06. The third-order valence-electron chi connectivity index (χ3n) is 5.11. The van der Waals surface area contributed by atoms with E-state index in [9.17, 15) is 4.79 Å². The minimum absolute atomic E-state index is 0.388. The van der Waals surface area contributed by atoms with Gasteiger partial charge in [0.05, 0.1) is 13.2 Å². The third-order valence-corrected chi connectivity index (χ3v) is 5.11. The molecule has 0 aromatic carbocycles. The molecule has 1 unspecified atom stereocenters. The van der Waals surface area contributed by atoms with E-state index in [1.807, 2.05) is 0 Å². The number of ether oxygens (including phenoxy) is 1. The third kappa shape index (κ3) is 5.88. The summed E-state index contributed by atoms with van der Waals surface area (Å²) in [7, 11) is 0. The Morgan fingerprint density at radius 3 is 2.55 bits per heavy atom. The molecule has 128 valence electrons. The van der Waals surface area contributed by atoms with Crippen LogP contribution in [-0.2, 0) is 9.53 Å². The van der Waals surface area contributed by atoms with Crippen molar-refractivity contribution in [3.8, 4) is 0 Å². The molecule has 4 nitrogen and oxygen atoms in total. The number of hydrogen-bond donors (Lipinski definition) is 0. The maximum Gasteiger partial charge on any atom is 0.222 e. The van der Waals surface area contributed by atoms with E-state index >= 15 is 0 Å². The minimum Gasteiger partial charge on any atom is -0.379 e. The van der Waals surface area contributed by atoms with Crippen LogP contribution in [0.15, 0.2) is 0 Å². The van der Waals surface area contributed by atoms with Crippen molar-refractivity contribution in [1.82, 2.24) is 9.80 Å². The number of morpholine rings is 1. The predicted molar refractivity (Wildman–Crippen MR) is 90.0 cm³/mol. The summed E-state index contributed by atoms with van der Waals surface area (Å²) in [6.07, 6.45) is 10.4. The van der Waals surface area contributed by atoms with Gasteiger partial charge in [-0.25, -0.2) is 0 Å². The zero-order valence-corrected chi connectivity index (χ0v) is 14.4. The van der Waals surface area contributed by atoms with Crippen molar-refractivity contribution in [3.63, 3.8) is 0 Å². The molecule has 2 fully saturated rings. The molecule has 0 N–H and O–H groups in total. The highest BCUT2D eigenvalue weighted by Gasteiger charge is 2.25. The van der Waals surface area contributed by atoms with E-state index < -0.39 is 0 Å². The van der Waals surface area contributed by atoms with Gasteiger partial charge in [-0.1, -0.05) is 32.6 Å². The smallest absolute Gasteiger partial charge is 0.222 e. The molecular formula is C18H34N2O2. The summed E-state index contributed by atoms with van der Waals surface area (Å²) in [6.45, 7) is 8.03. The SMILES string of the molecule is CCCCCCCC(=O)N1CCCC(N2CCOCC2)CC1. The van der Waals surface area contributed by atoms with Gasteiger partial charge in [-0.05, 0) is 25.7 Å². The summed E-state index contributed by atoms with van der Waals surface area (Å²) >= 11 is 0. The normalized spacial score (nSPS) is 24.2. The second-order valence-corrected chi connectivity index (χ2v) is 6.78. The lowest BCUT2D eigenvalue weighted by atomic mass is 10.1. The van der Waals surface area contributed by atoms with Crippen LogP contribution < -0.4 is 0 Å². The van der Waals surface area contributed by atoms with Gasteiger partial charge in [0, 0.05) is 38.6 Å². The van der Waals surface area contributed by atoms with E-state index in [0.29, 0.717) is 11.9 Å². The van der Waals surface area contributed by atoms with Crippen LogP contribution in [0.5, 0.6) is 0 Å². The summed E-state index contributed by atoms with van der Waals surface area (Å²) in [4.78, 5) is 17.1. The number of hydrogen-bond acceptors (Lipinski definition) is 3. The Kier molecular flexibility index (Phi) is 8.24. The summed E-state index contributed by atoms with van der Waals surface area (Å²) in [5.41, 5.74) is 0. The molecule has 2 heterocycles. The fourth-order valence-electron chi connectivity index (χ4n) is 3.67. The Morgan fingerprint density at radius 2 is 1.77 bits per heavy atom. The monoisotopic (exact) mass is 310 g/mol. The molecule has 22 heavy (non-hydrogen) atoms. The number of carbonyl (C=O) groups excluding carboxylic acids is 1. The van der Waals surface area contributed by atoms with Crippen LogP contribution in [0, 0.1) is 0 Å². The topological polar surface area (TPSA) is 32.8 Å². The van der Waals surface area contributed by atoms with Crippen LogP contribution in [-0.4, -0.2) is 61.1 Å². The second kappa shape index (κ2) is 10.2. The van der Waals surface area contributed by atoms with Gasteiger partial charge in [0.2, 0.25) is 5.91 Å². The van der Waals surface area contributed by atoms with E-state index in [0.717, 1.165) is 65.1 Å². The molecule has 0 aromatic rings. The van der Waals surface area contributed by atoms with E-state index in [4.69, 9.17) is 4.74 Å². The van der Waals surface area contributed by atoms with Gasteiger partial charge in [0.25, 0.3) is 0 Å². The lowest BCUT2D eigenvalue weighted by molar-refractivity contribution is -0.131. The molecule has 0 radical (unpaired) electrons. The first-order valence-electron chi connectivity index (χ1n) is 9.41. The average molecular weight is 310 g/mol. The zero-order valence-electron chi connectivity index (χ0n) is 14.4. The first-order chi connectivity index (χ1) is 10.8. The van der Waals surface area contributed by atoms with E-state index in [1.54, 1.807) is 0 Å². The molecule has 2 rings (SSSR count). The van der Waals surface area contributed by atoms with Crippen LogP contribution in [0.3, 0.4) is 0 Å². The molecular weight excluding hydrogens is 276 g/mol. The highest BCUT2D eigenvalue weighted by molar-refractivity contribution is 5.76. The van der Waals surface area contributed by atoms with Gasteiger partial charge in [-0.2, -0.15) is 0 Å². The van der Waals surface area contributed by atoms with E-state index in [-0.39, 0.29) is 0 Å². The summed E-state index contributed by atoms with van der Waals surface area (Å²) in [5.74, 6) is 0.388. The molecule has 0 aliphatic carbocycles. The van der Waals surface area contributed by atoms with Crippen molar-refractivity contribution in [2.45, 2.75) is 70.8 Å². The zero-order chi connectivity index (χ0) is 15.6. The van der Waals surface area contributed by atoms with Gasteiger partial charge in [0.15, 0.2) is 0 Å². The van der Waals surface area contributed by atoms with Crippen LogP contribution in [0.1, 0.15) is 64.7 Å². The van der Waals surface area contributed by atoms with Gasteiger partial charge in [-0.3, -0.25) is 9.69 Å². The minimum atomic E-state index is 0.388. The van der Waals surface area contributed by atoms with Crippen molar-refractivity contribution in [1.29, 1.82) is 0 Å². The summed E-state index contributed by atoms with van der Waals surface area (Å²) < 4.78 is 5.45. The number of carbonyl (C=O) groups is 1. The van der Waals surface area contributed by atoms with E-state index in [1.165, 1.54) is 32.1 Å². The number of likely N-dealkylation sites (tertiary alicyclic amines) is 1. The van der Waals surface area contributed by atoms with Crippen molar-refractivity contribution < 1.29 is 9.53 Å². The van der Waals surface area contributed by atoms with E-state index in [2.05, 4.69) is 16.7 Å². The molecule has 0 bridgehead atoms. The molecule has 2 aliphatic heterocycles. The molecule has 4 heteroatoms. The number of unbranched alkanes of at least 4 members (excludes halogenated alkanes) is 4. The maximum atomic E-state index is 12.4. The highest BCUT2D eigenvalue weighted by atomic mass is 16.5. The maximum absolute atomic E-state index is 12.4. The van der Waals surface area contributed by atoms with Crippen LogP contribution in [0.2, 0.25) is 0 Å². The Labute approximate surface area is 136 Å². The van der Waals surface area contributed by atoms with Gasteiger partial charge in [0.1, 0.15) is 0 Å². The Bertz CT molecular complexity index is 316. The summed E-state index contributed by atoms with van der Waals surface area (Å²) in [5, 5.41) is 0. The first-order valence-corrected chi connectivity index (χ1v) is 9.41. The number of rotatable bonds is 7. The largest absolute Gasteiger partial charge is 0.379 e. The van der Waals surface area contributed by atoms with Crippen molar-refractivity contribution in [2.75, 3.05) is 39.4 Å². The second-order valence-electron chi connectivity index (χ2n) is 6.78. The molecule has 0 aromatic heterocycles. The standard InChI is InChI=1S/C18H34N2O2/c1-2-3-4-5-6-9-18(21)20-11-7-8-17(10-12-20)19-13-15-22-16-14-19/h17H,2-16H2,1H3. The Hall–Kier alpha value is -0.610. The average Bonchev–Trinajstić information content (AvgIpc) is 2.81. The summed E-state index contributed by atoms with van der Waals surface area (Å²) in [6, 6.07) is 0.659. The van der Waals surface area contributed by atoms with Crippen LogP contribution in [0.25, 0.3) is 0 Å². The fraction of sp³-hybridized carbons (Fsp3) is 0.944. The lowest BCUT2D eigenvalue weighted by Crippen LogP contribution is -2.44. The molecule has 1 amide bonds. The lowest BCUT2D eigenvalue weighted by Gasteiger charge is -2.34. The fourth-order valence-corrected chi connectivity index (χ4v) is 3.67.